The van der Waals surface area contributed by atoms with Gasteiger partial charge in [0.15, 0.2) is 11.5 Å². The quantitative estimate of drug-likeness (QED) is 0.748. The summed E-state index contributed by atoms with van der Waals surface area (Å²) in [6.07, 6.45) is 3.02. The van der Waals surface area contributed by atoms with Gasteiger partial charge in [-0.05, 0) is 37.3 Å². The minimum Gasteiger partial charge on any atom is -0.454 e. The molecule has 0 aliphatic carbocycles. The van der Waals surface area contributed by atoms with Crippen molar-refractivity contribution in [2.75, 3.05) is 12.1 Å². The molecule has 0 saturated carbocycles. The first kappa shape index (κ1) is 16.7. The topological polar surface area (TPSA) is 108 Å². The maximum atomic E-state index is 12.4. The first-order valence-electron chi connectivity index (χ1n) is 8.19. The molecule has 4 rings (SSSR count). The van der Waals surface area contributed by atoms with Crippen molar-refractivity contribution >= 4 is 11.9 Å². The van der Waals surface area contributed by atoms with Crippen LogP contribution in [-0.2, 0) is 4.79 Å². The average Bonchev–Trinajstić information content (AvgIpc) is 3.16. The Morgan fingerprint density at radius 1 is 1.15 bits per heavy atom. The van der Waals surface area contributed by atoms with Crippen molar-refractivity contribution in [2.45, 2.75) is 13.0 Å². The van der Waals surface area contributed by atoms with Crippen molar-refractivity contribution in [1.82, 2.24) is 19.7 Å². The molecule has 1 atom stereocenters. The first-order chi connectivity index (χ1) is 13.1. The number of ether oxygens (including phenoxy) is 2. The predicted octanol–water partition coefficient (Wildman–Crippen LogP) is 1.63. The summed E-state index contributed by atoms with van der Waals surface area (Å²) in [5, 5.41) is 6.90. The van der Waals surface area contributed by atoms with Crippen LogP contribution < -0.4 is 20.3 Å². The fraction of sp³-hybridized carbons (Fsp3) is 0.167. The van der Waals surface area contributed by atoms with Gasteiger partial charge >= 0.3 is 0 Å². The minimum absolute atomic E-state index is 0.161. The van der Waals surface area contributed by atoms with Gasteiger partial charge in [0, 0.05) is 24.0 Å². The van der Waals surface area contributed by atoms with Crippen LogP contribution in [0.1, 0.15) is 13.0 Å². The Bertz CT molecular complexity index is 1050. The van der Waals surface area contributed by atoms with E-state index < -0.39 is 17.5 Å². The molecule has 9 heteroatoms. The number of hydrogen-bond donors (Lipinski definition) is 1. The minimum atomic E-state index is -0.852. The molecular formula is C18H15N5O4. The van der Waals surface area contributed by atoms with Crippen LogP contribution in [0.25, 0.3) is 11.3 Å². The zero-order chi connectivity index (χ0) is 18.8. The Morgan fingerprint density at radius 3 is 2.74 bits per heavy atom. The van der Waals surface area contributed by atoms with Crippen LogP contribution in [0.5, 0.6) is 11.5 Å². The summed E-state index contributed by atoms with van der Waals surface area (Å²) in [5.41, 5.74) is 0.881. The molecular weight excluding hydrogens is 350 g/mol. The van der Waals surface area contributed by atoms with Gasteiger partial charge < -0.3 is 9.47 Å². The van der Waals surface area contributed by atoms with Crippen molar-refractivity contribution < 1.29 is 14.3 Å². The van der Waals surface area contributed by atoms with E-state index in [2.05, 4.69) is 20.4 Å². The molecule has 1 aromatic carbocycles. The van der Waals surface area contributed by atoms with Crippen LogP contribution in [0.15, 0.2) is 53.6 Å². The molecule has 0 bridgehead atoms. The highest BCUT2D eigenvalue weighted by atomic mass is 16.7. The van der Waals surface area contributed by atoms with Crippen LogP contribution in [-0.4, -0.2) is 32.4 Å². The van der Waals surface area contributed by atoms with Crippen LogP contribution in [0, 0.1) is 0 Å². The van der Waals surface area contributed by atoms with Crippen molar-refractivity contribution in [3.8, 4) is 22.8 Å². The Labute approximate surface area is 153 Å². The number of amides is 1. The molecule has 0 spiro atoms. The third-order valence-corrected chi connectivity index (χ3v) is 4.04. The lowest BCUT2D eigenvalue weighted by molar-refractivity contribution is -0.119. The number of hydrogen-bond acceptors (Lipinski definition) is 7. The summed E-state index contributed by atoms with van der Waals surface area (Å²) in [4.78, 5) is 32.5. The molecule has 3 heterocycles. The number of nitrogens with zero attached hydrogens (tertiary/aromatic N) is 4. The van der Waals surface area contributed by atoms with Crippen LogP contribution in [0.4, 0.5) is 5.95 Å². The summed E-state index contributed by atoms with van der Waals surface area (Å²) in [5.74, 6) is 0.981. The molecule has 3 aromatic rings. The van der Waals surface area contributed by atoms with Crippen LogP contribution in [0.2, 0.25) is 0 Å². The van der Waals surface area contributed by atoms with E-state index in [0.29, 0.717) is 17.2 Å². The fourth-order valence-corrected chi connectivity index (χ4v) is 2.60. The molecule has 136 valence electrons. The molecule has 27 heavy (non-hydrogen) atoms. The van der Waals surface area contributed by atoms with Crippen molar-refractivity contribution in [1.29, 1.82) is 0 Å². The van der Waals surface area contributed by atoms with Gasteiger partial charge in [0.25, 0.3) is 11.5 Å². The summed E-state index contributed by atoms with van der Waals surface area (Å²) in [6.45, 7) is 1.75. The Kier molecular flexibility index (Phi) is 4.25. The SMILES string of the molecule is CC(C(=O)Nc1ncccn1)n1nc(-c2ccc3c(c2)OCO3)ccc1=O. The standard InChI is InChI=1S/C18H15N5O4/c1-11(17(25)21-18-19-7-2-8-20-18)23-16(24)6-4-13(22-23)12-3-5-14-15(9-12)27-10-26-14/h2-9,11H,10H2,1H3,(H,19,20,21,25). The first-order valence-corrected chi connectivity index (χ1v) is 8.19. The zero-order valence-electron chi connectivity index (χ0n) is 14.3. The van der Waals surface area contributed by atoms with E-state index in [0.717, 1.165) is 10.2 Å². The molecule has 0 fully saturated rings. The average molecular weight is 365 g/mol. The third-order valence-electron chi connectivity index (χ3n) is 4.04. The largest absolute Gasteiger partial charge is 0.454 e. The van der Waals surface area contributed by atoms with E-state index in [9.17, 15) is 9.59 Å². The van der Waals surface area contributed by atoms with E-state index in [1.165, 1.54) is 18.5 Å². The second-order valence-electron chi connectivity index (χ2n) is 5.81. The van der Waals surface area contributed by atoms with E-state index in [1.54, 1.807) is 31.2 Å². The van der Waals surface area contributed by atoms with Gasteiger partial charge in [-0.3, -0.25) is 14.9 Å². The van der Waals surface area contributed by atoms with Crippen LogP contribution >= 0.6 is 0 Å². The van der Waals surface area contributed by atoms with E-state index in [4.69, 9.17) is 9.47 Å². The van der Waals surface area contributed by atoms with Gasteiger partial charge in [0.1, 0.15) is 6.04 Å². The molecule has 1 aliphatic heterocycles. The summed E-state index contributed by atoms with van der Waals surface area (Å²) >= 11 is 0. The lowest BCUT2D eigenvalue weighted by Gasteiger charge is -2.14. The van der Waals surface area contributed by atoms with Gasteiger partial charge in [0.2, 0.25) is 12.7 Å². The number of fused-ring (bicyclic) bond motifs is 1. The van der Waals surface area contributed by atoms with Gasteiger partial charge in [0.05, 0.1) is 5.69 Å². The number of carbonyl (C=O) groups excluding carboxylic acids is 1. The molecule has 1 unspecified atom stereocenters. The number of aromatic nitrogens is 4. The summed E-state index contributed by atoms with van der Waals surface area (Å²) in [6, 6.07) is 9.12. The molecule has 1 aliphatic rings. The lowest BCUT2D eigenvalue weighted by Crippen LogP contribution is -2.33. The molecule has 0 radical (unpaired) electrons. The molecule has 9 nitrogen and oxygen atoms in total. The highest BCUT2D eigenvalue weighted by Crippen LogP contribution is 2.35. The van der Waals surface area contributed by atoms with Crippen molar-refractivity contribution in [2.24, 2.45) is 0 Å². The Hall–Kier alpha value is -3.75. The highest BCUT2D eigenvalue weighted by molar-refractivity contribution is 5.91. The number of benzene rings is 1. The molecule has 1 N–H and O–H groups in total. The maximum absolute atomic E-state index is 12.4. The Balaban J connectivity index is 1.62. The van der Waals surface area contributed by atoms with Crippen LogP contribution in [0.3, 0.4) is 0 Å². The number of nitrogens with one attached hydrogen (secondary N) is 1. The molecule has 2 aromatic heterocycles. The lowest BCUT2D eigenvalue weighted by atomic mass is 10.1. The zero-order valence-corrected chi connectivity index (χ0v) is 14.3. The number of carbonyl (C=O) groups is 1. The second-order valence-corrected chi connectivity index (χ2v) is 5.81. The monoisotopic (exact) mass is 365 g/mol. The highest BCUT2D eigenvalue weighted by Gasteiger charge is 2.20. The predicted molar refractivity (Wildman–Crippen MR) is 95.4 cm³/mol. The fourth-order valence-electron chi connectivity index (χ4n) is 2.60. The normalized spacial score (nSPS) is 13.2. The van der Waals surface area contributed by atoms with E-state index in [1.807, 2.05) is 6.07 Å². The number of rotatable bonds is 4. The summed E-state index contributed by atoms with van der Waals surface area (Å²) < 4.78 is 11.8. The second kappa shape index (κ2) is 6.87. The van der Waals surface area contributed by atoms with Crippen molar-refractivity contribution in [3.05, 3.63) is 59.1 Å². The summed E-state index contributed by atoms with van der Waals surface area (Å²) in [7, 11) is 0. The van der Waals surface area contributed by atoms with Gasteiger partial charge in [-0.15, -0.1) is 0 Å². The Morgan fingerprint density at radius 2 is 1.93 bits per heavy atom. The third kappa shape index (κ3) is 3.34. The number of anilines is 1. The smallest absolute Gasteiger partial charge is 0.267 e. The van der Waals surface area contributed by atoms with E-state index in [-0.39, 0.29) is 12.7 Å². The van der Waals surface area contributed by atoms with Gasteiger partial charge in [-0.25, -0.2) is 14.6 Å². The van der Waals surface area contributed by atoms with Crippen molar-refractivity contribution in [3.63, 3.8) is 0 Å². The van der Waals surface area contributed by atoms with E-state index >= 15 is 0 Å². The van der Waals surface area contributed by atoms with Gasteiger partial charge in [-0.1, -0.05) is 0 Å². The molecule has 0 saturated heterocycles. The molecule has 1 amide bonds. The maximum Gasteiger partial charge on any atom is 0.267 e. The van der Waals surface area contributed by atoms with Gasteiger partial charge in [-0.2, -0.15) is 5.10 Å².